The molecular formula is C33H28F6N2O. The largest absolute Gasteiger partial charge is 0.416 e. The van der Waals surface area contributed by atoms with Crippen LogP contribution in [0.25, 0.3) is 0 Å². The SMILES string of the molecule is O=C(c1cc(C(F)(F)F)cc(C(F)(F)F)c1)N1CCN(C(c2ccccc2)c2ccccc2)C[C@H]1Cc1ccccc1. The lowest BCUT2D eigenvalue weighted by molar-refractivity contribution is -0.143. The Kier molecular flexibility index (Phi) is 8.41. The van der Waals surface area contributed by atoms with E-state index >= 15 is 0 Å². The van der Waals surface area contributed by atoms with Crippen LogP contribution in [0.3, 0.4) is 0 Å². The van der Waals surface area contributed by atoms with E-state index in [-0.39, 0.29) is 18.7 Å². The monoisotopic (exact) mass is 582 g/mol. The third-order valence-corrected chi connectivity index (χ3v) is 7.52. The summed E-state index contributed by atoms with van der Waals surface area (Å²) in [5.74, 6) is -0.858. The summed E-state index contributed by atoms with van der Waals surface area (Å²) < 4.78 is 81.4. The van der Waals surface area contributed by atoms with Gasteiger partial charge in [0.05, 0.1) is 17.2 Å². The average molecular weight is 583 g/mol. The zero-order valence-electron chi connectivity index (χ0n) is 22.4. The molecule has 218 valence electrons. The topological polar surface area (TPSA) is 23.6 Å². The van der Waals surface area contributed by atoms with Gasteiger partial charge in [0, 0.05) is 31.2 Å². The van der Waals surface area contributed by atoms with Crippen molar-refractivity contribution in [1.29, 1.82) is 0 Å². The summed E-state index contributed by atoms with van der Waals surface area (Å²) in [4.78, 5) is 17.4. The highest BCUT2D eigenvalue weighted by atomic mass is 19.4. The first-order chi connectivity index (χ1) is 20.0. The molecule has 0 aromatic heterocycles. The van der Waals surface area contributed by atoms with Crippen LogP contribution in [0.2, 0.25) is 0 Å². The molecular weight excluding hydrogens is 554 g/mol. The van der Waals surface area contributed by atoms with Gasteiger partial charge >= 0.3 is 12.4 Å². The molecule has 1 amide bonds. The molecule has 0 aliphatic carbocycles. The Labute approximate surface area is 240 Å². The number of nitrogens with zero attached hydrogens (tertiary/aromatic N) is 2. The van der Waals surface area contributed by atoms with Crippen molar-refractivity contribution in [2.75, 3.05) is 19.6 Å². The molecule has 1 aliphatic rings. The molecule has 0 unspecified atom stereocenters. The number of amides is 1. The van der Waals surface area contributed by atoms with Gasteiger partial charge in [-0.1, -0.05) is 91.0 Å². The molecule has 3 nitrogen and oxygen atoms in total. The van der Waals surface area contributed by atoms with Crippen LogP contribution in [-0.2, 0) is 18.8 Å². The van der Waals surface area contributed by atoms with E-state index in [1.807, 2.05) is 91.0 Å². The van der Waals surface area contributed by atoms with E-state index in [1.165, 1.54) is 4.90 Å². The molecule has 4 aromatic carbocycles. The van der Waals surface area contributed by atoms with Crippen LogP contribution in [0.5, 0.6) is 0 Å². The number of benzene rings is 4. The maximum absolute atomic E-state index is 13.7. The van der Waals surface area contributed by atoms with Crippen molar-refractivity contribution in [2.45, 2.75) is 30.9 Å². The first-order valence-corrected chi connectivity index (χ1v) is 13.5. The van der Waals surface area contributed by atoms with Crippen LogP contribution < -0.4 is 0 Å². The van der Waals surface area contributed by atoms with Gasteiger partial charge in [-0.15, -0.1) is 0 Å². The summed E-state index contributed by atoms with van der Waals surface area (Å²) in [5, 5.41) is 0. The molecule has 0 saturated carbocycles. The first-order valence-electron chi connectivity index (χ1n) is 13.5. The Morgan fingerprint density at radius 3 is 1.64 bits per heavy atom. The zero-order valence-corrected chi connectivity index (χ0v) is 22.4. The molecule has 4 aromatic rings. The maximum Gasteiger partial charge on any atom is 0.416 e. The highest BCUT2D eigenvalue weighted by molar-refractivity contribution is 5.95. The second-order valence-electron chi connectivity index (χ2n) is 10.4. The lowest BCUT2D eigenvalue weighted by atomic mass is 9.93. The van der Waals surface area contributed by atoms with Crippen LogP contribution in [0.4, 0.5) is 26.3 Å². The third kappa shape index (κ3) is 6.68. The second-order valence-corrected chi connectivity index (χ2v) is 10.4. The summed E-state index contributed by atoms with van der Waals surface area (Å²) in [7, 11) is 0. The van der Waals surface area contributed by atoms with Crippen LogP contribution in [0.15, 0.2) is 109 Å². The molecule has 0 spiro atoms. The van der Waals surface area contributed by atoms with Gasteiger partial charge in [0.25, 0.3) is 5.91 Å². The second kappa shape index (κ2) is 12.0. The molecule has 1 atom stereocenters. The standard InChI is InChI=1S/C33H28F6N2O/c34-32(35,36)27-19-26(20-28(21-27)33(37,38)39)31(42)41-17-16-40(22-29(41)18-23-10-4-1-5-11-23)30(24-12-6-2-7-13-24)25-14-8-3-9-15-25/h1-15,19-21,29-30H,16-18,22H2/t29-/m1/s1. The Bertz CT molecular complexity index is 1420. The summed E-state index contributed by atoms with van der Waals surface area (Å²) in [6, 6.07) is 29.4. The minimum Gasteiger partial charge on any atom is -0.333 e. The fourth-order valence-corrected chi connectivity index (χ4v) is 5.57. The van der Waals surface area contributed by atoms with Gasteiger partial charge in [0.1, 0.15) is 0 Å². The summed E-state index contributed by atoms with van der Waals surface area (Å²) >= 11 is 0. The number of carbonyl (C=O) groups is 1. The smallest absolute Gasteiger partial charge is 0.333 e. The summed E-state index contributed by atoms with van der Waals surface area (Å²) in [6.45, 7) is 0.862. The molecule has 0 radical (unpaired) electrons. The molecule has 1 heterocycles. The van der Waals surface area contributed by atoms with Crippen LogP contribution >= 0.6 is 0 Å². The number of carbonyl (C=O) groups excluding carboxylic acids is 1. The number of piperazine rings is 1. The van der Waals surface area contributed by atoms with Crippen molar-refractivity contribution in [3.05, 3.63) is 143 Å². The Hall–Kier alpha value is -4.11. The van der Waals surface area contributed by atoms with E-state index in [0.29, 0.717) is 31.6 Å². The van der Waals surface area contributed by atoms with E-state index in [4.69, 9.17) is 0 Å². The Morgan fingerprint density at radius 1 is 0.690 bits per heavy atom. The predicted molar refractivity (Wildman–Crippen MR) is 148 cm³/mol. The van der Waals surface area contributed by atoms with Gasteiger partial charge in [-0.2, -0.15) is 26.3 Å². The Balaban J connectivity index is 1.52. The Morgan fingerprint density at radius 2 is 1.17 bits per heavy atom. The minimum atomic E-state index is -5.04. The van der Waals surface area contributed by atoms with Gasteiger partial charge in [0.2, 0.25) is 0 Å². The lowest BCUT2D eigenvalue weighted by Gasteiger charge is -2.45. The molecule has 0 bridgehead atoms. The van der Waals surface area contributed by atoms with Crippen molar-refractivity contribution >= 4 is 5.91 Å². The minimum absolute atomic E-state index is 0.0421. The lowest BCUT2D eigenvalue weighted by Crippen LogP contribution is -2.56. The summed E-state index contributed by atoms with van der Waals surface area (Å²) in [5.41, 5.74) is -0.673. The van der Waals surface area contributed by atoms with Gasteiger partial charge in [0.15, 0.2) is 0 Å². The van der Waals surface area contributed by atoms with Gasteiger partial charge in [-0.05, 0) is 41.3 Å². The normalized spacial score (nSPS) is 16.5. The number of hydrogen-bond acceptors (Lipinski definition) is 2. The van der Waals surface area contributed by atoms with Crippen molar-refractivity contribution in [3.63, 3.8) is 0 Å². The number of alkyl halides is 6. The quantitative estimate of drug-likeness (QED) is 0.216. The fourth-order valence-electron chi connectivity index (χ4n) is 5.57. The zero-order chi connectivity index (χ0) is 29.9. The maximum atomic E-state index is 13.7. The third-order valence-electron chi connectivity index (χ3n) is 7.52. The van der Waals surface area contributed by atoms with Crippen molar-refractivity contribution < 1.29 is 31.1 Å². The predicted octanol–water partition coefficient (Wildman–Crippen LogP) is 7.88. The fraction of sp³-hybridized carbons (Fsp3) is 0.242. The van der Waals surface area contributed by atoms with Gasteiger partial charge < -0.3 is 4.90 Å². The van der Waals surface area contributed by atoms with Gasteiger partial charge in [-0.25, -0.2) is 0 Å². The molecule has 9 heteroatoms. The van der Waals surface area contributed by atoms with Crippen LogP contribution in [0, 0.1) is 0 Å². The molecule has 42 heavy (non-hydrogen) atoms. The average Bonchev–Trinajstić information content (AvgIpc) is 2.98. The van der Waals surface area contributed by atoms with E-state index in [0.717, 1.165) is 16.7 Å². The molecule has 5 rings (SSSR count). The highest BCUT2D eigenvalue weighted by Gasteiger charge is 2.40. The van der Waals surface area contributed by atoms with E-state index in [9.17, 15) is 31.1 Å². The molecule has 1 saturated heterocycles. The number of rotatable bonds is 6. The number of hydrogen-bond donors (Lipinski definition) is 0. The number of halogens is 6. The van der Waals surface area contributed by atoms with Crippen LogP contribution in [-0.4, -0.2) is 41.4 Å². The first kappa shape index (κ1) is 29.4. The van der Waals surface area contributed by atoms with Crippen molar-refractivity contribution in [2.24, 2.45) is 0 Å². The molecule has 1 fully saturated rings. The molecule has 0 N–H and O–H groups in total. The van der Waals surface area contributed by atoms with E-state index < -0.39 is 41.0 Å². The summed E-state index contributed by atoms with van der Waals surface area (Å²) in [6.07, 6.45) is -9.71. The molecule has 1 aliphatic heterocycles. The van der Waals surface area contributed by atoms with Crippen molar-refractivity contribution in [3.8, 4) is 0 Å². The van der Waals surface area contributed by atoms with Crippen molar-refractivity contribution in [1.82, 2.24) is 9.80 Å². The van der Waals surface area contributed by atoms with E-state index in [2.05, 4.69) is 4.90 Å². The van der Waals surface area contributed by atoms with E-state index in [1.54, 1.807) is 0 Å². The van der Waals surface area contributed by atoms with Gasteiger partial charge in [-0.3, -0.25) is 9.69 Å². The van der Waals surface area contributed by atoms with Crippen LogP contribution in [0.1, 0.15) is 44.2 Å². The highest BCUT2D eigenvalue weighted by Crippen LogP contribution is 2.37.